The zero-order valence-electron chi connectivity index (χ0n) is 27.2. The van der Waals surface area contributed by atoms with Crippen molar-refractivity contribution in [2.24, 2.45) is 0 Å². The number of fused-ring (bicyclic) bond motifs is 1. The van der Waals surface area contributed by atoms with E-state index < -0.39 is 66.3 Å². The van der Waals surface area contributed by atoms with Crippen molar-refractivity contribution >= 4 is 47.4 Å². The predicted molar refractivity (Wildman–Crippen MR) is 167 cm³/mol. The summed E-state index contributed by atoms with van der Waals surface area (Å²) < 4.78 is 87.6. The molecule has 1 unspecified atom stereocenters. The topological polar surface area (TPSA) is 172 Å². The number of carbonyl (C=O) groups is 3. The Morgan fingerprint density at radius 1 is 1.02 bits per heavy atom. The molecule has 1 radical (unpaired) electrons. The summed E-state index contributed by atoms with van der Waals surface area (Å²) in [6.07, 6.45) is -2.35. The molecule has 0 saturated carbocycles. The van der Waals surface area contributed by atoms with Crippen molar-refractivity contribution in [3.63, 3.8) is 0 Å². The number of hydrogen-bond acceptors (Lipinski definition) is 10. The van der Waals surface area contributed by atoms with E-state index in [1.807, 2.05) is 0 Å². The van der Waals surface area contributed by atoms with Crippen molar-refractivity contribution in [2.75, 3.05) is 13.2 Å². The minimum atomic E-state index is -4.83. The largest absolute Gasteiger partial charge is 0.494 e. The molecule has 1 aromatic heterocycles. The van der Waals surface area contributed by atoms with Crippen molar-refractivity contribution in [2.45, 2.75) is 44.9 Å². The molecule has 3 heterocycles. The van der Waals surface area contributed by atoms with Gasteiger partial charge in [0, 0.05) is 41.2 Å². The van der Waals surface area contributed by atoms with Crippen LogP contribution in [0.25, 0.3) is 34.0 Å². The van der Waals surface area contributed by atoms with Gasteiger partial charge in [0.25, 0.3) is 0 Å². The number of amides is 1. The van der Waals surface area contributed by atoms with Crippen LogP contribution in [0.2, 0.25) is 0 Å². The number of nitrogens with one attached hydrogen (secondary N) is 1. The molecule has 0 bridgehead atoms. The quantitative estimate of drug-likeness (QED) is 0.0960. The molecule has 2 N–H and O–H groups in total. The van der Waals surface area contributed by atoms with Crippen LogP contribution in [0.5, 0.6) is 5.75 Å². The van der Waals surface area contributed by atoms with E-state index in [1.54, 1.807) is 6.92 Å². The van der Waals surface area contributed by atoms with E-state index in [9.17, 15) is 36.3 Å². The number of benzene rings is 2. The van der Waals surface area contributed by atoms with E-state index in [2.05, 4.69) is 25.5 Å². The number of carboxylic acid groups (broad SMARTS) is 1. The maximum absolute atomic E-state index is 14.5. The molecule has 0 spiro atoms. The number of carboxylic acids is 1. The minimum absolute atomic E-state index is 0. The third-order valence-electron chi connectivity index (χ3n) is 7.13. The fourth-order valence-corrected chi connectivity index (χ4v) is 4.67. The van der Waals surface area contributed by atoms with Gasteiger partial charge in [0.15, 0.2) is 23.2 Å². The van der Waals surface area contributed by atoms with Gasteiger partial charge in [0.2, 0.25) is 11.9 Å². The second kappa shape index (κ2) is 16.4. The molecule has 2 atom stereocenters. The van der Waals surface area contributed by atoms with Gasteiger partial charge in [-0.1, -0.05) is 18.1 Å². The number of imidazole rings is 1. The van der Waals surface area contributed by atoms with E-state index in [4.69, 9.17) is 19.1 Å². The second-order valence-electron chi connectivity index (χ2n) is 10.8. The number of aliphatic carboxylic acids is 1. The number of esters is 1. The zero-order chi connectivity index (χ0) is 36.2. The van der Waals surface area contributed by atoms with Crippen LogP contribution in [0.1, 0.15) is 44.1 Å². The van der Waals surface area contributed by atoms with Crippen LogP contribution in [0.4, 0.5) is 22.0 Å². The molecular formula is C32H27F5N6NaO7. The first kappa shape index (κ1) is 38.9. The van der Waals surface area contributed by atoms with Gasteiger partial charge in [-0.2, -0.15) is 18.3 Å². The van der Waals surface area contributed by atoms with Gasteiger partial charge < -0.3 is 24.4 Å². The first-order chi connectivity index (χ1) is 23.8. The van der Waals surface area contributed by atoms with Crippen LogP contribution >= 0.6 is 0 Å². The molecule has 3 aromatic rings. The van der Waals surface area contributed by atoms with Gasteiger partial charge in [0.1, 0.15) is 35.5 Å². The summed E-state index contributed by atoms with van der Waals surface area (Å²) in [5, 5.41) is 19.1. The average Bonchev–Trinajstić information content (AvgIpc) is 3.72. The fraction of sp³-hybridized carbons (Fsp3) is 0.281. The monoisotopic (exact) mass is 725 g/mol. The maximum atomic E-state index is 14.5. The van der Waals surface area contributed by atoms with Crippen LogP contribution in [0, 0.1) is 11.6 Å². The Kier molecular flexibility index (Phi) is 12.5. The molecule has 19 heteroatoms. The fourth-order valence-electron chi connectivity index (χ4n) is 4.67. The summed E-state index contributed by atoms with van der Waals surface area (Å²) >= 11 is 0. The first-order valence-corrected chi connectivity index (χ1v) is 14.9. The Balaban J connectivity index is 0.00000583. The van der Waals surface area contributed by atoms with Crippen molar-refractivity contribution in [1.82, 2.24) is 30.2 Å². The average molecular weight is 726 g/mol. The molecule has 2 aliphatic heterocycles. The molecule has 1 amide bonds. The Hall–Kier alpha value is -4.94. The van der Waals surface area contributed by atoms with Crippen molar-refractivity contribution in [3.8, 4) is 39.8 Å². The Morgan fingerprint density at radius 3 is 2.47 bits per heavy atom. The molecule has 51 heavy (non-hydrogen) atoms. The van der Waals surface area contributed by atoms with Gasteiger partial charge in [-0.3, -0.25) is 9.59 Å². The molecule has 0 fully saturated rings. The van der Waals surface area contributed by atoms with Gasteiger partial charge >= 0.3 is 18.1 Å². The molecule has 0 aliphatic carbocycles. The normalized spacial score (nSPS) is 12.5. The smallest absolute Gasteiger partial charge is 0.417 e. The van der Waals surface area contributed by atoms with Crippen molar-refractivity contribution < 1.29 is 55.4 Å². The Bertz CT molecular complexity index is 2000. The summed E-state index contributed by atoms with van der Waals surface area (Å²) in [5.41, 5.74) is -1.83. The molecule has 5 rings (SSSR count). The summed E-state index contributed by atoms with van der Waals surface area (Å²) in [5.74, 6) is -5.99. The molecule has 13 nitrogen and oxygen atoms in total. The van der Waals surface area contributed by atoms with E-state index in [0.717, 1.165) is 35.1 Å². The third-order valence-corrected chi connectivity index (χ3v) is 7.13. The number of aromatic nitrogens is 5. The number of nitrogens with zero attached hydrogens (tertiary/aromatic N) is 5. The van der Waals surface area contributed by atoms with Crippen molar-refractivity contribution in [3.05, 3.63) is 77.8 Å². The van der Waals surface area contributed by atoms with Crippen LogP contribution in [-0.2, 0) is 25.3 Å². The van der Waals surface area contributed by atoms with Crippen LogP contribution in [0.3, 0.4) is 0 Å². The van der Waals surface area contributed by atoms with Gasteiger partial charge in [-0.15, -0.1) is 0 Å². The summed E-state index contributed by atoms with van der Waals surface area (Å²) in [7, 11) is 0. The number of carbonyl (C=O) groups excluding carboxylic acids is 2. The maximum Gasteiger partial charge on any atom is 0.417 e. The summed E-state index contributed by atoms with van der Waals surface area (Å²) in [6, 6.07) is 4.93. The Morgan fingerprint density at radius 2 is 1.76 bits per heavy atom. The van der Waals surface area contributed by atoms with Crippen molar-refractivity contribution in [1.29, 1.82) is 0 Å². The number of ether oxygens (including phenoxy) is 2. The van der Waals surface area contributed by atoms with Crippen LogP contribution in [-0.4, -0.2) is 96.7 Å². The van der Waals surface area contributed by atoms with Gasteiger partial charge in [-0.05, 0) is 43.7 Å². The van der Waals surface area contributed by atoms with E-state index in [-0.39, 0.29) is 81.7 Å². The molecular weight excluding hydrogens is 698 g/mol. The van der Waals surface area contributed by atoms with Gasteiger partial charge in [0.05, 0.1) is 36.5 Å². The first-order valence-electron chi connectivity index (χ1n) is 14.9. The minimum Gasteiger partial charge on any atom is -0.494 e. The van der Waals surface area contributed by atoms with Crippen LogP contribution < -0.4 is 10.1 Å². The standard InChI is InChI=1S/C32H27F5N6O7.Na/c1-3-10-48-17-7-8-18(20(12-17)32(35,36)37)22-13-25(50-42-22)28(31(47)49-11-9-26(44)39-16(2)30(45)46)43-15-24-23(14-38-43)40-29(41-24)19-5-4-6-21(33)27(19)34;/h4-8,12-16,28H,3,9-11H2,1-2H3,(H,39,44)(H,45,46);/t16-,28?;/m0./s1. The van der Waals surface area contributed by atoms with E-state index in [0.29, 0.717) is 6.42 Å². The van der Waals surface area contributed by atoms with E-state index in [1.165, 1.54) is 31.3 Å². The summed E-state index contributed by atoms with van der Waals surface area (Å²) in [6.45, 7) is 2.69. The molecule has 263 valence electrons. The number of hydrogen-bond donors (Lipinski definition) is 2. The molecule has 2 aromatic carbocycles. The van der Waals surface area contributed by atoms with Gasteiger partial charge in [-0.25, -0.2) is 28.2 Å². The SMILES string of the molecule is CCCOc1ccc(-c2cc(C(C(=O)OCCC(=O)N[C@@H](C)C(=O)O)n3cc4nc(-c5cccc(F)c5F)nc-4cn3)on2)c(C(F)(F)F)c1.[Na]. The summed E-state index contributed by atoms with van der Waals surface area (Å²) in [4.78, 5) is 45.0. The number of rotatable bonds is 13. The Labute approximate surface area is 307 Å². The third kappa shape index (κ3) is 9.05. The van der Waals surface area contributed by atoms with E-state index >= 15 is 0 Å². The second-order valence-corrected chi connectivity index (χ2v) is 10.8. The zero-order valence-corrected chi connectivity index (χ0v) is 29.2. The number of halogens is 5. The predicted octanol–water partition coefficient (Wildman–Crippen LogP) is 4.92. The van der Waals surface area contributed by atoms with Crippen LogP contribution in [0.15, 0.2) is 59.4 Å². The number of alkyl halides is 3. The molecule has 0 saturated heterocycles. The molecule has 2 aliphatic rings.